The van der Waals surface area contributed by atoms with Crippen molar-refractivity contribution in [1.29, 1.82) is 0 Å². The predicted molar refractivity (Wildman–Crippen MR) is 128 cm³/mol. The molecule has 0 aromatic heterocycles. The van der Waals surface area contributed by atoms with Crippen LogP contribution in [0.15, 0.2) is 77.7 Å². The van der Waals surface area contributed by atoms with Gasteiger partial charge in [-0.2, -0.15) is 4.31 Å². The van der Waals surface area contributed by atoms with Crippen LogP contribution in [-0.2, 0) is 14.8 Å². The summed E-state index contributed by atoms with van der Waals surface area (Å²) in [5.41, 5.74) is 1.10. The number of thiocarbonyl (C=S) groups is 1. The molecule has 1 heterocycles. The summed E-state index contributed by atoms with van der Waals surface area (Å²) in [7, 11) is -4.33. The number of hydrogen-bond acceptors (Lipinski definition) is 6. The van der Waals surface area contributed by atoms with E-state index < -0.39 is 32.8 Å². The van der Waals surface area contributed by atoms with Crippen molar-refractivity contribution in [3.8, 4) is 0 Å². The molecule has 0 unspecified atom stereocenters. The first-order chi connectivity index (χ1) is 16.2. The average molecular weight is 499 g/mol. The average Bonchev–Trinajstić information content (AvgIpc) is 3.06. The minimum atomic E-state index is -4.33. The van der Waals surface area contributed by atoms with Gasteiger partial charge in [0.2, 0.25) is 0 Å². The number of anilines is 1. The Morgan fingerprint density at radius 2 is 1.50 bits per heavy atom. The number of aryl methyl sites for hydroxylation is 1. The number of hydrogen-bond donors (Lipinski definition) is 0. The van der Waals surface area contributed by atoms with Crippen LogP contribution >= 0.6 is 12.2 Å². The number of halogens is 1. The van der Waals surface area contributed by atoms with E-state index in [1.54, 1.807) is 43.3 Å². The minimum absolute atomic E-state index is 0.104. The smallest absolute Gasteiger partial charge is 0.278 e. The fraction of sp³-hybridized carbons (Fsp3) is 0.125. The van der Waals surface area contributed by atoms with Gasteiger partial charge < -0.3 is 4.74 Å². The second kappa shape index (κ2) is 9.32. The quantitative estimate of drug-likeness (QED) is 0.378. The monoisotopic (exact) mass is 498 g/mol. The molecular formula is C24H19FN2O5S2. The Morgan fingerprint density at radius 1 is 0.941 bits per heavy atom. The molecule has 3 aromatic carbocycles. The largest absolute Gasteiger partial charge is 0.468 e. The molecule has 1 aliphatic rings. The number of carbonyl (C=O) groups is 2. The molecular weight excluding hydrogens is 479 g/mol. The summed E-state index contributed by atoms with van der Waals surface area (Å²) in [4.78, 5) is 25.9. The van der Waals surface area contributed by atoms with Crippen LogP contribution in [0, 0.1) is 12.7 Å². The molecule has 0 saturated heterocycles. The van der Waals surface area contributed by atoms with Gasteiger partial charge in [-0.25, -0.2) is 12.8 Å². The van der Waals surface area contributed by atoms with E-state index in [0.29, 0.717) is 4.31 Å². The van der Waals surface area contributed by atoms with E-state index in [2.05, 4.69) is 0 Å². The van der Waals surface area contributed by atoms with Crippen LogP contribution in [0.4, 0.5) is 10.1 Å². The summed E-state index contributed by atoms with van der Waals surface area (Å²) >= 11 is 5.23. The topological polar surface area (TPSA) is 84.0 Å². The number of fused-ring (bicyclic) bond motifs is 1. The number of benzene rings is 3. The predicted octanol–water partition coefficient (Wildman–Crippen LogP) is 3.93. The maximum atomic E-state index is 14.6. The molecule has 0 saturated carbocycles. The lowest BCUT2D eigenvalue weighted by Crippen LogP contribution is -2.40. The molecule has 10 heteroatoms. The van der Waals surface area contributed by atoms with Crippen molar-refractivity contribution in [2.45, 2.75) is 11.8 Å². The Bertz CT molecular complexity index is 1360. The Labute approximate surface area is 201 Å². The van der Waals surface area contributed by atoms with Crippen molar-refractivity contribution in [3.05, 3.63) is 95.3 Å². The molecule has 3 aromatic rings. The maximum absolute atomic E-state index is 14.6. The first-order valence-electron chi connectivity index (χ1n) is 10.2. The fourth-order valence-electron chi connectivity index (χ4n) is 3.48. The van der Waals surface area contributed by atoms with Crippen LogP contribution < -0.4 is 4.31 Å². The van der Waals surface area contributed by atoms with E-state index in [9.17, 15) is 22.4 Å². The number of amides is 2. The molecule has 4 rings (SSSR count). The summed E-state index contributed by atoms with van der Waals surface area (Å²) in [6.07, 6.45) is 0. The lowest BCUT2D eigenvalue weighted by atomic mass is 10.1. The zero-order valence-corrected chi connectivity index (χ0v) is 19.6. The van der Waals surface area contributed by atoms with Crippen LogP contribution in [0.3, 0.4) is 0 Å². The number of carbonyl (C=O) groups excluding carboxylic acids is 2. The van der Waals surface area contributed by atoms with Gasteiger partial charge in [-0.1, -0.05) is 42.0 Å². The Hall–Kier alpha value is -3.63. The molecule has 2 amide bonds. The SMILES string of the molecule is Cc1ccc(S(=O)(=O)N(C(=S)OCCN2C(=O)c3ccccc3C2=O)c2ccccc2F)cc1. The Balaban J connectivity index is 1.56. The van der Waals surface area contributed by atoms with Gasteiger partial charge in [0.1, 0.15) is 12.4 Å². The minimum Gasteiger partial charge on any atom is -0.468 e. The summed E-state index contributed by atoms with van der Waals surface area (Å²) < 4.78 is 47.4. The molecule has 174 valence electrons. The van der Waals surface area contributed by atoms with E-state index in [1.165, 1.54) is 30.3 Å². The number of para-hydroxylation sites is 1. The van der Waals surface area contributed by atoms with Crippen molar-refractivity contribution < 1.29 is 27.1 Å². The number of rotatable bonds is 6. The normalized spacial score (nSPS) is 13.1. The second-order valence-electron chi connectivity index (χ2n) is 7.46. The van der Waals surface area contributed by atoms with Gasteiger partial charge in [0.25, 0.3) is 27.0 Å². The highest BCUT2D eigenvalue weighted by Gasteiger charge is 2.36. The van der Waals surface area contributed by atoms with E-state index >= 15 is 0 Å². The van der Waals surface area contributed by atoms with Crippen LogP contribution in [0.2, 0.25) is 0 Å². The Kier molecular flexibility index (Phi) is 6.45. The highest BCUT2D eigenvalue weighted by atomic mass is 32.2. The molecule has 0 aliphatic carbocycles. The third-order valence-electron chi connectivity index (χ3n) is 5.21. The van der Waals surface area contributed by atoms with Crippen LogP contribution in [0.1, 0.15) is 26.3 Å². The van der Waals surface area contributed by atoms with Crippen molar-refractivity contribution in [3.63, 3.8) is 0 Å². The first-order valence-corrected chi connectivity index (χ1v) is 12.0. The Morgan fingerprint density at radius 3 is 2.09 bits per heavy atom. The van der Waals surface area contributed by atoms with Crippen molar-refractivity contribution >= 4 is 44.9 Å². The summed E-state index contributed by atoms with van der Waals surface area (Å²) in [5.74, 6) is -1.77. The second-order valence-corrected chi connectivity index (χ2v) is 9.59. The standard InChI is InChI=1S/C24H19FN2O5S2/c1-16-10-12-17(13-11-16)34(30,31)27(21-9-5-4-8-20(21)25)24(33)32-15-14-26-22(28)18-6-2-3-7-19(18)23(26)29/h2-13H,14-15H2,1H3. The molecule has 0 radical (unpaired) electrons. The van der Waals surface area contributed by atoms with Gasteiger partial charge in [0, 0.05) is 0 Å². The summed E-state index contributed by atoms with van der Waals surface area (Å²) in [6, 6.07) is 17.7. The van der Waals surface area contributed by atoms with Gasteiger partial charge in [-0.3, -0.25) is 14.5 Å². The van der Waals surface area contributed by atoms with E-state index in [0.717, 1.165) is 16.5 Å². The molecule has 7 nitrogen and oxygen atoms in total. The summed E-state index contributed by atoms with van der Waals surface area (Å²) in [5, 5.41) is -0.540. The molecule has 0 bridgehead atoms. The van der Waals surface area contributed by atoms with Gasteiger partial charge >= 0.3 is 0 Å². The van der Waals surface area contributed by atoms with Crippen LogP contribution in [0.25, 0.3) is 0 Å². The highest BCUT2D eigenvalue weighted by molar-refractivity contribution is 7.95. The number of nitrogens with zero attached hydrogens (tertiary/aromatic N) is 2. The lowest BCUT2D eigenvalue weighted by molar-refractivity contribution is 0.0628. The molecule has 0 N–H and O–H groups in total. The van der Waals surface area contributed by atoms with Gasteiger partial charge in [0.15, 0.2) is 0 Å². The molecule has 0 atom stereocenters. The third-order valence-corrected chi connectivity index (χ3v) is 7.34. The van der Waals surface area contributed by atoms with Crippen molar-refractivity contribution in [1.82, 2.24) is 4.90 Å². The highest BCUT2D eigenvalue weighted by Crippen LogP contribution is 2.28. The molecule has 0 spiro atoms. The number of sulfonamides is 1. The van der Waals surface area contributed by atoms with E-state index in [1.807, 2.05) is 0 Å². The van der Waals surface area contributed by atoms with Crippen molar-refractivity contribution in [2.75, 3.05) is 17.5 Å². The van der Waals surface area contributed by atoms with E-state index in [-0.39, 0.29) is 34.9 Å². The summed E-state index contributed by atoms with van der Waals surface area (Å²) in [6.45, 7) is 1.36. The van der Waals surface area contributed by atoms with Gasteiger partial charge in [0.05, 0.1) is 28.3 Å². The zero-order valence-electron chi connectivity index (χ0n) is 18.0. The van der Waals surface area contributed by atoms with Crippen molar-refractivity contribution in [2.24, 2.45) is 0 Å². The van der Waals surface area contributed by atoms with Crippen LogP contribution in [0.5, 0.6) is 0 Å². The molecule has 0 fully saturated rings. The fourth-order valence-corrected chi connectivity index (χ4v) is 5.31. The third kappa shape index (κ3) is 4.29. The van der Waals surface area contributed by atoms with Gasteiger partial charge in [-0.15, -0.1) is 0 Å². The number of ether oxygens (including phenoxy) is 1. The number of imide groups is 1. The zero-order chi connectivity index (χ0) is 24.5. The molecule has 34 heavy (non-hydrogen) atoms. The van der Waals surface area contributed by atoms with E-state index in [4.69, 9.17) is 17.0 Å². The lowest BCUT2D eigenvalue weighted by Gasteiger charge is -2.25. The first kappa shape index (κ1) is 23.5. The van der Waals surface area contributed by atoms with Gasteiger partial charge in [-0.05, 0) is 55.5 Å². The molecule has 1 aliphatic heterocycles. The maximum Gasteiger partial charge on any atom is 0.278 e. The van der Waals surface area contributed by atoms with Crippen LogP contribution in [-0.4, -0.2) is 43.5 Å².